The molecule has 0 radical (unpaired) electrons. The summed E-state index contributed by atoms with van der Waals surface area (Å²) in [5.41, 5.74) is 0.619. The van der Waals surface area contributed by atoms with Crippen molar-refractivity contribution in [2.45, 2.75) is 18.9 Å². The van der Waals surface area contributed by atoms with Gasteiger partial charge in [0, 0.05) is 17.0 Å². The highest BCUT2D eigenvalue weighted by Gasteiger charge is 2.38. The highest BCUT2D eigenvalue weighted by atomic mass is 35.5. The van der Waals surface area contributed by atoms with E-state index in [1.54, 1.807) is 13.2 Å². The molecule has 4 heteroatoms. The van der Waals surface area contributed by atoms with Crippen LogP contribution < -0.4 is 4.74 Å². The molecule has 0 aliphatic carbocycles. The van der Waals surface area contributed by atoms with Gasteiger partial charge in [-0.3, -0.25) is 0 Å². The van der Waals surface area contributed by atoms with E-state index in [1.165, 1.54) is 0 Å². The van der Waals surface area contributed by atoms with E-state index in [0.29, 0.717) is 15.8 Å². The SMILES string of the molecule is COc1c(Cl)cc(Cl)cc1C1(C)CCO1. The lowest BCUT2D eigenvalue weighted by Crippen LogP contribution is -2.38. The number of ether oxygens (including phenoxy) is 2. The van der Waals surface area contributed by atoms with Gasteiger partial charge in [-0.1, -0.05) is 23.2 Å². The smallest absolute Gasteiger partial charge is 0.143 e. The molecule has 1 aromatic rings. The second-order valence-corrected chi connectivity index (χ2v) is 4.64. The molecule has 1 fully saturated rings. The Hall–Kier alpha value is -0.440. The van der Waals surface area contributed by atoms with Crippen LogP contribution in [0.5, 0.6) is 5.75 Å². The van der Waals surface area contributed by atoms with Crippen molar-refractivity contribution in [1.29, 1.82) is 0 Å². The molecule has 1 heterocycles. The van der Waals surface area contributed by atoms with Gasteiger partial charge in [0.15, 0.2) is 0 Å². The molecule has 1 aliphatic rings. The molecule has 2 rings (SSSR count). The maximum absolute atomic E-state index is 6.06. The van der Waals surface area contributed by atoms with Gasteiger partial charge in [-0.25, -0.2) is 0 Å². The third-order valence-electron chi connectivity index (χ3n) is 2.78. The van der Waals surface area contributed by atoms with Crippen LogP contribution >= 0.6 is 23.2 Å². The highest BCUT2D eigenvalue weighted by molar-refractivity contribution is 6.35. The summed E-state index contributed by atoms with van der Waals surface area (Å²) in [6.07, 6.45) is 0.958. The minimum Gasteiger partial charge on any atom is -0.495 e. The summed E-state index contributed by atoms with van der Waals surface area (Å²) in [7, 11) is 1.60. The second-order valence-electron chi connectivity index (χ2n) is 3.80. The molecule has 1 aromatic carbocycles. The Bertz CT molecular complexity index is 386. The number of hydrogen-bond acceptors (Lipinski definition) is 2. The lowest BCUT2D eigenvalue weighted by Gasteiger charge is -2.40. The van der Waals surface area contributed by atoms with E-state index in [2.05, 4.69) is 0 Å². The van der Waals surface area contributed by atoms with Crippen molar-refractivity contribution < 1.29 is 9.47 Å². The van der Waals surface area contributed by atoms with Gasteiger partial charge < -0.3 is 9.47 Å². The first-order chi connectivity index (χ1) is 7.07. The zero-order valence-corrected chi connectivity index (χ0v) is 10.2. The molecule has 1 unspecified atom stereocenters. The van der Waals surface area contributed by atoms with Gasteiger partial charge in [0.1, 0.15) is 5.75 Å². The lowest BCUT2D eigenvalue weighted by molar-refractivity contribution is -0.141. The van der Waals surface area contributed by atoms with Crippen LogP contribution in [-0.2, 0) is 10.3 Å². The molecule has 1 saturated heterocycles. The first-order valence-corrected chi connectivity index (χ1v) is 5.50. The van der Waals surface area contributed by atoms with E-state index >= 15 is 0 Å². The molecular weight excluding hydrogens is 235 g/mol. The largest absolute Gasteiger partial charge is 0.495 e. The summed E-state index contributed by atoms with van der Waals surface area (Å²) in [5.74, 6) is 0.656. The maximum atomic E-state index is 6.06. The quantitative estimate of drug-likeness (QED) is 0.794. The summed E-state index contributed by atoms with van der Waals surface area (Å²) < 4.78 is 10.8. The maximum Gasteiger partial charge on any atom is 0.143 e. The Kier molecular flexibility index (Phi) is 2.84. The molecular formula is C11H12Cl2O2. The van der Waals surface area contributed by atoms with Gasteiger partial charge in [-0.05, 0) is 19.1 Å². The van der Waals surface area contributed by atoms with Gasteiger partial charge in [0.2, 0.25) is 0 Å². The van der Waals surface area contributed by atoms with Gasteiger partial charge in [-0.15, -0.1) is 0 Å². The van der Waals surface area contributed by atoms with Crippen molar-refractivity contribution in [3.63, 3.8) is 0 Å². The number of halogens is 2. The Morgan fingerprint density at radius 2 is 2.07 bits per heavy atom. The fourth-order valence-corrected chi connectivity index (χ4v) is 2.35. The molecule has 2 nitrogen and oxygen atoms in total. The van der Waals surface area contributed by atoms with E-state index in [9.17, 15) is 0 Å². The Labute approximate surface area is 99.1 Å². The van der Waals surface area contributed by atoms with Gasteiger partial charge >= 0.3 is 0 Å². The van der Waals surface area contributed by atoms with E-state index in [1.807, 2.05) is 13.0 Å². The Balaban J connectivity index is 2.53. The highest BCUT2D eigenvalue weighted by Crippen LogP contribution is 2.45. The summed E-state index contributed by atoms with van der Waals surface area (Å²) in [6.45, 7) is 2.78. The van der Waals surface area contributed by atoms with Crippen molar-refractivity contribution >= 4 is 23.2 Å². The Morgan fingerprint density at radius 1 is 1.40 bits per heavy atom. The number of rotatable bonds is 2. The van der Waals surface area contributed by atoms with Gasteiger partial charge in [-0.2, -0.15) is 0 Å². The Morgan fingerprint density at radius 3 is 2.53 bits per heavy atom. The zero-order valence-electron chi connectivity index (χ0n) is 8.64. The normalized spacial score (nSPS) is 24.8. The molecule has 1 atom stereocenters. The molecule has 15 heavy (non-hydrogen) atoms. The van der Waals surface area contributed by atoms with Crippen molar-refractivity contribution in [1.82, 2.24) is 0 Å². The predicted octanol–water partition coefficient (Wildman–Crippen LogP) is 3.64. The monoisotopic (exact) mass is 246 g/mol. The third-order valence-corrected chi connectivity index (χ3v) is 3.28. The average Bonchev–Trinajstić information content (AvgIpc) is 2.13. The van der Waals surface area contributed by atoms with E-state index < -0.39 is 0 Å². The van der Waals surface area contributed by atoms with Crippen LogP contribution in [-0.4, -0.2) is 13.7 Å². The first kappa shape index (κ1) is 11.1. The van der Waals surface area contributed by atoms with Crippen LogP contribution in [0.25, 0.3) is 0 Å². The molecule has 0 aromatic heterocycles. The zero-order chi connectivity index (χ0) is 11.1. The number of methoxy groups -OCH3 is 1. The lowest BCUT2D eigenvalue weighted by atomic mass is 9.88. The number of benzene rings is 1. The predicted molar refractivity (Wildman–Crippen MR) is 60.9 cm³/mol. The third kappa shape index (κ3) is 1.82. The first-order valence-electron chi connectivity index (χ1n) is 4.74. The average molecular weight is 247 g/mol. The van der Waals surface area contributed by atoms with Crippen LogP contribution in [0.15, 0.2) is 12.1 Å². The fourth-order valence-electron chi connectivity index (χ4n) is 1.78. The standard InChI is InChI=1S/C11H12Cl2O2/c1-11(3-4-15-11)8-5-7(12)6-9(13)10(8)14-2/h5-6H,3-4H2,1-2H3. The summed E-state index contributed by atoms with van der Waals surface area (Å²) in [6, 6.07) is 3.53. The molecule has 82 valence electrons. The summed E-state index contributed by atoms with van der Waals surface area (Å²) in [5, 5.41) is 1.13. The molecule has 0 saturated carbocycles. The van der Waals surface area contributed by atoms with Crippen LogP contribution in [0.2, 0.25) is 10.0 Å². The second kappa shape index (κ2) is 3.85. The van der Waals surface area contributed by atoms with Crippen LogP contribution in [0, 0.1) is 0 Å². The topological polar surface area (TPSA) is 18.5 Å². The molecule has 1 aliphatic heterocycles. The molecule has 0 amide bonds. The minimum atomic E-state index is -0.306. The van der Waals surface area contributed by atoms with Crippen LogP contribution in [0.4, 0.5) is 0 Å². The van der Waals surface area contributed by atoms with Gasteiger partial charge in [0.25, 0.3) is 0 Å². The summed E-state index contributed by atoms with van der Waals surface area (Å²) >= 11 is 12.0. The minimum absolute atomic E-state index is 0.306. The molecule has 0 N–H and O–H groups in total. The fraction of sp³-hybridized carbons (Fsp3) is 0.455. The summed E-state index contributed by atoms with van der Waals surface area (Å²) in [4.78, 5) is 0. The van der Waals surface area contributed by atoms with Crippen LogP contribution in [0.1, 0.15) is 18.9 Å². The van der Waals surface area contributed by atoms with E-state index in [4.69, 9.17) is 32.7 Å². The van der Waals surface area contributed by atoms with Crippen molar-refractivity contribution in [2.24, 2.45) is 0 Å². The van der Waals surface area contributed by atoms with E-state index in [0.717, 1.165) is 18.6 Å². The molecule has 0 spiro atoms. The van der Waals surface area contributed by atoms with Crippen LogP contribution in [0.3, 0.4) is 0 Å². The number of hydrogen-bond donors (Lipinski definition) is 0. The molecule has 0 bridgehead atoms. The van der Waals surface area contributed by atoms with Gasteiger partial charge in [0.05, 0.1) is 24.3 Å². The van der Waals surface area contributed by atoms with Crippen molar-refractivity contribution in [3.8, 4) is 5.75 Å². The van der Waals surface area contributed by atoms with E-state index in [-0.39, 0.29) is 5.60 Å². The van der Waals surface area contributed by atoms with Crippen molar-refractivity contribution in [3.05, 3.63) is 27.7 Å². The van der Waals surface area contributed by atoms with Crippen molar-refractivity contribution in [2.75, 3.05) is 13.7 Å².